The minimum atomic E-state index is -3.18. The van der Waals surface area contributed by atoms with Gasteiger partial charge in [-0.3, -0.25) is 0 Å². The predicted molar refractivity (Wildman–Crippen MR) is 67.3 cm³/mol. The molecule has 102 valence electrons. The van der Waals surface area contributed by atoms with E-state index in [1.54, 1.807) is 7.05 Å². The number of sulfonamides is 1. The number of anilines is 2. The highest BCUT2D eigenvalue weighted by Gasteiger charge is 2.05. The summed E-state index contributed by atoms with van der Waals surface area (Å²) in [5, 5.41) is 5.62. The molecule has 1 aromatic heterocycles. The summed E-state index contributed by atoms with van der Waals surface area (Å²) in [5.74, 6) is 0.668. The van der Waals surface area contributed by atoms with E-state index in [1.165, 1.54) is 7.11 Å². The number of hydrogen-bond donors (Lipinski definition) is 3. The monoisotopic (exact) mass is 276 g/mol. The first-order valence-electron chi connectivity index (χ1n) is 5.11. The quantitative estimate of drug-likeness (QED) is 0.536. The summed E-state index contributed by atoms with van der Waals surface area (Å²) in [4.78, 5) is 11.9. The number of ether oxygens (including phenoxy) is 1. The SMILES string of the molecule is CNc1nc(NCCNS(C)(=O)=O)nc(OC)n1. The molecular weight excluding hydrogens is 260 g/mol. The van der Waals surface area contributed by atoms with E-state index in [0.717, 1.165) is 6.26 Å². The molecule has 10 heteroatoms. The van der Waals surface area contributed by atoms with E-state index >= 15 is 0 Å². The van der Waals surface area contributed by atoms with Gasteiger partial charge in [-0.25, -0.2) is 13.1 Å². The van der Waals surface area contributed by atoms with Gasteiger partial charge in [0.05, 0.1) is 13.4 Å². The molecular formula is C8H16N6O3S. The molecule has 0 spiro atoms. The van der Waals surface area contributed by atoms with Crippen LogP contribution in [0.25, 0.3) is 0 Å². The number of aromatic nitrogens is 3. The second-order valence-electron chi connectivity index (χ2n) is 3.31. The molecule has 0 aliphatic heterocycles. The number of rotatable bonds is 7. The van der Waals surface area contributed by atoms with E-state index in [4.69, 9.17) is 4.74 Å². The van der Waals surface area contributed by atoms with Crippen LogP contribution in [0.4, 0.5) is 11.9 Å². The highest BCUT2D eigenvalue weighted by Crippen LogP contribution is 2.09. The van der Waals surface area contributed by atoms with Crippen LogP contribution in [0.1, 0.15) is 0 Å². The molecule has 0 bridgehead atoms. The molecule has 0 atom stereocenters. The van der Waals surface area contributed by atoms with Crippen LogP contribution in [0.3, 0.4) is 0 Å². The summed E-state index contributed by atoms with van der Waals surface area (Å²) < 4.78 is 28.9. The number of hydrogen-bond acceptors (Lipinski definition) is 8. The Hall–Kier alpha value is -1.68. The second kappa shape index (κ2) is 6.31. The molecule has 0 saturated heterocycles. The third-order valence-electron chi connectivity index (χ3n) is 1.79. The Morgan fingerprint density at radius 3 is 2.39 bits per heavy atom. The molecule has 9 nitrogen and oxygen atoms in total. The zero-order valence-corrected chi connectivity index (χ0v) is 11.2. The van der Waals surface area contributed by atoms with Gasteiger partial charge in [0, 0.05) is 20.1 Å². The van der Waals surface area contributed by atoms with Gasteiger partial charge in [-0.1, -0.05) is 0 Å². The van der Waals surface area contributed by atoms with Gasteiger partial charge in [0.1, 0.15) is 0 Å². The largest absolute Gasteiger partial charge is 0.467 e. The standard InChI is InChI=1S/C8H16N6O3S/c1-9-6-12-7(14-8(13-6)17-2)10-4-5-11-18(3,15)16/h11H,4-5H2,1-3H3,(H2,9,10,12,13,14). The van der Waals surface area contributed by atoms with E-state index < -0.39 is 10.0 Å². The van der Waals surface area contributed by atoms with E-state index in [9.17, 15) is 8.42 Å². The van der Waals surface area contributed by atoms with Crippen molar-refractivity contribution in [2.75, 3.05) is 44.1 Å². The number of methoxy groups -OCH3 is 1. The average Bonchev–Trinajstić information content (AvgIpc) is 2.33. The summed E-state index contributed by atoms with van der Waals surface area (Å²) in [7, 11) is -0.0658. The highest BCUT2D eigenvalue weighted by molar-refractivity contribution is 7.88. The van der Waals surface area contributed by atoms with Crippen molar-refractivity contribution in [1.29, 1.82) is 0 Å². The number of nitrogens with zero attached hydrogens (tertiary/aromatic N) is 3. The van der Waals surface area contributed by atoms with Gasteiger partial charge in [0.25, 0.3) is 0 Å². The van der Waals surface area contributed by atoms with Crippen LogP contribution in [0.5, 0.6) is 6.01 Å². The van der Waals surface area contributed by atoms with E-state index in [-0.39, 0.29) is 12.6 Å². The van der Waals surface area contributed by atoms with Crippen molar-refractivity contribution in [1.82, 2.24) is 19.7 Å². The lowest BCUT2D eigenvalue weighted by Gasteiger charge is -2.07. The minimum Gasteiger partial charge on any atom is -0.467 e. The van der Waals surface area contributed by atoms with Crippen LogP contribution < -0.4 is 20.1 Å². The number of nitrogens with one attached hydrogen (secondary N) is 3. The Kier molecular flexibility index (Phi) is 5.04. The predicted octanol–water partition coefficient (Wildman–Crippen LogP) is -1.12. The molecule has 0 saturated carbocycles. The fraction of sp³-hybridized carbons (Fsp3) is 0.625. The van der Waals surface area contributed by atoms with Crippen LogP contribution in [-0.4, -0.2) is 56.9 Å². The zero-order valence-electron chi connectivity index (χ0n) is 10.4. The summed E-state index contributed by atoms with van der Waals surface area (Å²) in [6.07, 6.45) is 1.10. The normalized spacial score (nSPS) is 11.1. The molecule has 0 unspecified atom stereocenters. The summed E-state index contributed by atoms with van der Waals surface area (Å²) >= 11 is 0. The van der Waals surface area contributed by atoms with Crippen molar-refractivity contribution in [3.05, 3.63) is 0 Å². The summed E-state index contributed by atoms with van der Waals surface area (Å²) in [6, 6.07) is 0.174. The van der Waals surface area contributed by atoms with Crippen molar-refractivity contribution in [2.45, 2.75) is 0 Å². The first kappa shape index (κ1) is 14.4. The van der Waals surface area contributed by atoms with Gasteiger partial charge in [0.15, 0.2) is 0 Å². The van der Waals surface area contributed by atoms with Crippen LogP contribution in [0, 0.1) is 0 Å². The Bertz CT molecular complexity index is 469. The fourth-order valence-corrected chi connectivity index (χ4v) is 1.52. The fourth-order valence-electron chi connectivity index (χ4n) is 1.05. The molecule has 0 aliphatic carbocycles. The molecule has 0 radical (unpaired) electrons. The van der Waals surface area contributed by atoms with Crippen molar-refractivity contribution >= 4 is 21.9 Å². The van der Waals surface area contributed by atoms with Gasteiger partial charge >= 0.3 is 6.01 Å². The van der Waals surface area contributed by atoms with Gasteiger partial charge < -0.3 is 15.4 Å². The van der Waals surface area contributed by atoms with Gasteiger partial charge in [-0.2, -0.15) is 15.0 Å². The topological polar surface area (TPSA) is 118 Å². The Balaban J connectivity index is 2.56. The maximum Gasteiger partial charge on any atom is 0.322 e. The van der Waals surface area contributed by atoms with Crippen molar-refractivity contribution in [3.8, 4) is 6.01 Å². The van der Waals surface area contributed by atoms with Crippen molar-refractivity contribution < 1.29 is 13.2 Å². The van der Waals surface area contributed by atoms with Crippen molar-refractivity contribution in [2.24, 2.45) is 0 Å². The minimum absolute atomic E-state index is 0.174. The third kappa shape index (κ3) is 5.10. The maximum absolute atomic E-state index is 10.8. The van der Waals surface area contributed by atoms with Crippen LogP contribution >= 0.6 is 0 Å². The lowest BCUT2D eigenvalue weighted by molar-refractivity contribution is 0.379. The summed E-state index contributed by atoms with van der Waals surface area (Å²) in [6.45, 7) is 0.588. The van der Waals surface area contributed by atoms with Crippen LogP contribution in [0.2, 0.25) is 0 Å². The molecule has 18 heavy (non-hydrogen) atoms. The molecule has 0 aromatic carbocycles. The lowest BCUT2D eigenvalue weighted by Crippen LogP contribution is -2.28. The first-order valence-corrected chi connectivity index (χ1v) is 7.00. The van der Waals surface area contributed by atoms with Crippen LogP contribution in [-0.2, 0) is 10.0 Å². The molecule has 0 aliphatic rings. The lowest BCUT2D eigenvalue weighted by atomic mass is 10.6. The molecule has 1 aromatic rings. The molecule has 0 amide bonds. The van der Waals surface area contributed by atoms with E-state index in [1.807, 2.05) is 0 Å². The highest BCUT2D eigenvalue weighted by atomic mass is 32.2. The molecule has 1 heterocycles. The van der Waals surface area contributed by atoms with Crippen LogP contribution in [0.15, 0.2) is 0 Å². The van der Waals surface area contributed by atoms with Gasteiger partial charge in [-0.05, 0) is 0 Å². The Morgan fingerprint density at radius 1 is 1.17 bits per heavy atom. The Morgan fingerprint density at radius 2 is 1.83 bits per heavy atom. The molecule has 1 rings (SSSR count). The Labute approximate surface area is 105 Å². The smallest absolute Gasteiger partial charge is 0.322 e. The summed E-state index contributed by atoms with van der Waals surface area (Å²) in [5.41, 5.74) is 0. The second-order valence-corrected chi connectivity index (χ2v) is 5.15. The van der Waals surface area contributed by atoms with Gasteiger partial charge in [-0.15, -0.1) is 0 Å². The first-order chi connectivity index (χ1) is 8.44. The van der Waals surface area contributed by atoms with E-state index in [0.29, 0.717) is 18.4 Å². The van der Waals surface area contributed by atoms with Gasteiger partial charge in [0.2, 0.25) is 21.9 Å². The average molecular weight is 276 g/mol. The maximum atomic E-state index is 10.8. The van der Waals surface area contributed by atoms with E-state index in [2.05, 4.69) is 30.3 Å². The third-order valence-corrected chi connectivity index (χ3v) is 2.52. The molecule has 3 N–H and O–H groups in total. The zero-order chi connectivity index (χ0) is 13.6. The van der Waals surface area contributed by atoms with Crippen molar-refractivity contribution in [3.63, 3.8) is 0 Å². The molecule has 0 fully saturated rings.